The van der Waals surface area contributed by atoms with E-state index in [-0.39, 0.29) is 30.1 Å². The number of nitroso groups, excluding NO2 is 1. The van der Waals surface area contributed by atoms with Gasteiger partial charge >= 0.3 is 0 Å². The monoisotopic (exact) mass is 612 g/mol. The second-order valence-corrected chi connectivity index (χ2v) is 12.2. The first-order chi connectivity index (χ1) is 21.3. The molecule has 8 heteroatoms. The maximum absolute atomic E-state index is 12.9. The van der Waals surface area contributed by atoms with Crippen LogP contribution >= 0.6 is 0 Å². The van der Waals surface area contributed by atoms with Crippen LogP contribution in [0.2, 0.25) is 0 Å². The van der Waals surface area contributed by atoms with Crippen LogP contribution in [0.15, 0.2) is 87.6 Å². The SMILES string of the molecule is C.C/C=C\C=C1/CN(C(CC)CC2CC2)C(C)=N1.C=NCCC1(c2ccccc2)CCN(C(=O)c2ccc(N=O)cc2N)CC1. The number of allylic oxidation sites excluding steroid dienone is 3. The van der Waals surface area contributed by atoms with Gasteiger partial charge in [0.1, 0.15) is 11.5 Å². The van der Waals surface area contributed by atoms with Crippen LogP contribution in [0.5, 0.6) is 0 Å². The van der Waals surface area contributed by atoms with Crippen molar-refractivity contribution in [2.75, 3.05) is 31.9 Å². The third kappa shape index (κ3) is 9.22. The van der Waals surface area contributed by atoms with E-state index in [4.69, 9.17) is 5.73 Å². The topological polar surface area (TPSA) is 104 Å². The molecule has 242 valence electrons. The van der Waals surface area contributed by atoms with Crippen LogP contribution in [0.1, 0.15) is 89.1 Å². The molecule has 1 aliphatic carbocycles. The second-order valence-electron chi connectivity index (χ2n) is 12.2. The molecule has 2 aliphatic heterocycles. The molecule has 2 fully saturated rings. The first kappa shape index (κ1) is 35.4. The summed E-state index contributed by atoms with van der Waals surface area (Å²) >= 11 is 0. The Morgan fingerprint density at radius 3 is 2.47 bits per heavy atom. The number of anilines is 1. The lowest BCUT2D eigenvalue weighted by Gasteiger charge is -2.42. The number of hydrogen-bond donors (Lipinski definition) is 1. The van der Waals surface area contributed by atoms with E-state index in [1.54, 1.807) is 6.07 Å². The lowest BCUT2D eigenvalue weighted by Crippen LogP contribution is -2.45. The van der Waals surface area contributed by atoms with Gasteiger partial charge in [-0.1, -0.05) is 69.7 Å². The number of likely N-dealkylation sites (tertiary alicyclic amines) is 1. The molecule has 2 aromatic rings. The number of nitrogens with two attached hydrogens (primary N) is 1. The van der Waals surface area contributed by atoms with Gasteiger partial charge < -0.3 is 20.5 Å². The van der Waals surface area contributed by atoms with E-state index < -0.39 is 0 Å². The summed E-state index contributed by atoms with van der Waals surface area (Å²) in [7, 11) is 0. The average Bonchev–Trinajstić information content (AvgIpc) is 3.81. The Morgan fingerprint density at radius 1 is 1.18 bits per heavy atom. The summed E-state index contributed by atoms with van der Waals surface area (Å²) in [5, 5.41) is 2.86. The lowest BCUT2D eigenvalue weighted by atomic mass is 9.70. The number of aliphatic imine (C=N–C) groups is 2. The Bertz CT molecular complexity index is 1370. The molecule has 0 spiro atoms. The highest BCUT2D eigenvalue weighted by molar-refractivity contribution is 5.99. The number of amides is 1. The standard InChI is InChI=1S/C21H24N4O2.C15H24N2.CH4/c1-23-12-9-21(16-5-3-2-4-6-16)10-13-25(14-11-21)20(26)18-8-7-17(24-27)15-19(18)22;1-4-6-7-14-11-17(12(3)16-14)15(5-2)10-13-8-9-13;/h2-8,15H,1,9-14,22H2;4,6-7,13,15H,5,8-11H2,1-3H3;1H4/b;6-4-,14-7+;. The Hall–Kier alpha value is -4.07. The number of benzene rings is 2. The molecule has 2 N–H and O–H groups in total. The molecule has 0 radical (unpaired) electrons. The van der Waals surface area contributed by atoms with E-state index in [0.717, 1.165) is 31.7 Å². The molecular weight excluding hydrogens is 560 g/mol. The fourth-order valence-corrected chi connectivity index (χ4v) is 6.42. The van der Waals surface area contributed by atoms with Crippen LogP contribution in [-0.4, -0.2) is 60.5 Å². The summed E-state index contributed by atoms with van der Waals surface area (Å²) < 4.78 is 0. The van der Waals surface area contributed by atoms with Crippen molar-refractivity contribution in [1.82, 2.24) is 9.80 Å². The fraction of sp³-hybridized carbons (Fsp3) is 0.486. The smallest absolute Gasteiger partial charge is 0.255 e. The largest absolute Gasteiger partial charge is 0.398 e. The van der Waals surface area contributed by atoms with Crippen LogP contribution in [0.3, 0.4) is 0 Å². The van der Waals surface area contributed by atoms with Gasteiger partial charge in [0, 0.05) is 36.8 Å². The molecule has 2 aromatic carbocycles. The molecule has 0 bridgehead atoms. The van der Waals surface area contributed by atoms with Crippen LogP contribution < -0.4 is 5.73 Å². The quantitative estimate of drug-likeness (QED) is 0.156. The first-order valence-corrected chi connectivity index (χ1v) is 16.0. The highest BCUT2D eigenvalue weighted by atomic mass is 16.3. The van der Waals surface area contributed by atoms with E-state index >= 15 is 0 Å². The van der Waals surface area contributed by atoms with Crippen LogP contribution in [0.4, 0.5) is 11.4 Å². The molecule has 8 nitrogen and oxygen atoms in total. The summed E-state index contributed by atoms with van der Waals surface area (Å²) in [6.45, 7) is 13.1. The zero-order valence-electron chi connectivity index (χ0n) is 26.6. The van der Waals surface area contributed by atoms with E-state index in [2.05, 4.69) is 83.1 Å². The summed E-state index contributed by atoms with van der Waals surface area (Å²) in [6, 6.07) is 15.7. The van der Waals surface area contributed by atoms with Crippen molar-refractivity contribution < 1.29 is 4.79 Å². The van der Waals surface area contributed by atoms with Crippen molar-refractivity contribution in [3.05, 3.63) is 88.5 Å². The molecule has 0 aromatic heterocycles. The number of nitrogen functional groups attached to an aromatic ring is 1. The number of carbonyl (C=O) groups excluding carboxylic acids is 1. The maximum atomic E-state index is 12.9. The molecule has 1 amide bonds. The molecular formula is C37H52N6O2. The number of nitrogens with zero attached hydrogens (tertiary/aromatic N) is 5. The third-order valence-corrected chi connectivity index (χ3v) is 9.26. The minimum absolute atomic E-state index is 0. The fourth-order valence-electron chi connectivity index (χ4n) is 6.42. The average molecular weight is 613 g/mol. The Morgan fingerprint density at radius 2 is 1.89 bits per heavy atom. The molecule has 5 rings (SSSR count). The van der Waals surface area contributed by atoms with Gasteiger partial charge in [-0.25, -0.2) is 4.99 Å². The van der Waals surface area contributed by atoms with Crippen molar-refractivity contribution in [3.63, 3.8) is 0 Å². The van der Waals surface area contributed by atoms with E-state index in [1.165, 1.54) is 54.9 Å². The predicted octanol–water partition coefficient (Wildman–Crippen LogP) is 8.33. The maximum Gasteiger partial charge on any atom is 0.255 e. The highest BCUT2D eigenvalue weighted by Crippen LogP contribution is 2.39. The predicted molar refractivity (Wildman–Crippen MR) is 189 cm³/mol. The third-order valence-electron chi connectivity index (χ3n) is 9.26. The normalized spacial score (nSPS) is 18.9. The summed E-state index contributed by atoms with van der Waals surface area (Å²) in [5.41, 5.74) is 9.38. The minimum atomic E-state index is -0.103. The number of amidine groups is 1. The van der Waals surface area contributed by atoms with Crippen LogP contribution in [-0.2, 0) is 5.41 Å². The van der Waals surface area contributed by atoms with Crippen molar-refractivity contribution in [2.24, 2.45) is 21.1 Å². The zero-order chi connectivity index (χ0) is 31.5. The molecule has 1 atom stereocenters. The number of hydrogen-bond acceptors (Lipinski definition) is 7. The Kier molecular flexibility index (Phi) is 13.3. The van der Waals surface area contributed by atoms with Crippen molar-refractivity contribution in [3.8, 4) is 0 Å². The Labute approximate surface area is 270 Å². The number of rotatable bonds is 11. The van der Waals surface area contributed by atoms with Crippen molar-refractivity contribution in [2.45, 2.75) is 84.6 Å². The summed E-state index contributed by atoms with van der Waals surface area (Å²) in [4.78, 5) is 36.5. The van der Waals surface area contributed by atoms with Crippen molar-refractivity contribution in [1.29, 1.82) is 0 Å². The molecule has 45 heavy (non-hydrogen) atoms. The van der Waals surface area contributed by atoms with Crippen LogP contribution in [0, 0.1) is 10.8 Å². The molecule has 2 heterocycles. The summed E-state index contributed by atoms with van der Waals surface area (Å²) in [5.74, 6) is 2.10. The van der Waals surface area contributed by atoms with Gasteiger partial charge in [-0.05, 0) is 93.6 Å². The minimum Gasteiger partial charge on any atom is -0.398 e. The van der Waals surface area contributed by atoms with Gasteiger partial charge in [-0.2, -0.15) is 0 Å². The molecule has 1 saturated carbocycles. The number of carbonyl (C=O) groups is 1. The summed E-state index contributed by atoms with van der Waals surface area (Å²) in [6.07, 6.45) is 14.4. The Balaban J connectivity index is 0.000000265. The van der Waals surface area contributed by atoms with Gasteiger partial charge in [0.05, 0.1) is 17.8 Å². The van der Waals surface area contributed by atoms with E-state index in [0.29, 0.717) is 31.2 Å². The second kappa shape index (κ2) is 16.8. The van der Waals surface area contributed by atoms with Crippen molar-refractivity contribution >= 4 is 29.8 Å². The van der Waals surface area contributed by atoms with Crippen LogP contribution in [0.25, 0.3) is 0 Å². The van der Waals surface area contributed by atoms with Gasteiger partial charge in [0.2, 0.25) is 0 Å². The van der Waals surface area contributed by atoms with Gasteiger partial charge in [-0.15, -0.1) is 4.91 Å². The van der Waals surface area contributed by atoms with Gasteiger partial charge in [0.15, 0.2) is 0 Å². The first-order valence-electron chi connectivity index (χ1n) is 16.0. The number of piperidine rings is 1. The van der Waals surface area contributed by atoms with E-state index in [1.807, 2.05) is 17.9 Å². The van der Waals surface area contributed by atoms with Gasteiger partial charge in [0.25, 0.3) is 5.91 Å². The molecule has 1 saturated heterocycles. The van der Waals surface area contributed by atoms with Gasteiger partial charge in [-0.3, -0.25) is 4.79 Å². The molecule has 3 aliphatic rings. The lowest BCUT2D eigenvalue weighted by molar-refractivity contribution is 0.0662. The molecule has 1 unspecified atom stereocenters. The van der Waals surface area contributed by atoms with E-state index in [9.17, 15) is 9.70 Å². The zero-order valence-corrected chi connectivity index (χ0v) is 26.6. The highest BCUT2D eigenvalue weighted by Gasteiger charge is 2.37.